The second kappa shape index (κ2) is 7.19. The quantitative estimate of drug-likeness (QED) is 0.461. The fourth-order valence-electron chi connectivity index (χ4n) is 1.92. The van der Waals surface area contributed by atoms with E-state index in [0.717, 1.165) is 6.42 Å². The van der Waals surface area contributed by atoms with E-state index in [2.05, 4.69) is 64.5 Å². The van der Waals surface area contributed by atoms with E-state index in [1.807, 2.05) is 0 Å². The van der Waals surface area contributed by atoms with Crippen molar-refractivity contribution >= 4 is 25.2 Å². The maximum atomic E-state index is 6.39. The molecule has 5 heteroatoms. The molecule has 0 radical (unpaired) electrons. The van der Waals surface area contributed by atoms with Crippen molar-refractivity contribution in [2.45, 2.75) is 72.0 Å². The van der Waals surface area contributed by atoms with Gasteiger partial charge in [-0.2, -0.15) is 0 Å². The van der Waals surface area contributed by atoms with Gasteiger partial charge in [-0.1, -0.05) is 25.8 Å². The summed E-state index contributed by atoms with van der Waals surface area (Å²) in [5, 5.41) is 0. The Morgan fingerprint density at radius 2 is 1.28 bits per heavy atom. The molecule has 0 saturated carbocycles. The largest absolute Gasteiger partial charge is 0.434 e. The molecule has 0 rings (SSSR count). The lowest BCUT2D eigenvalue weighted by atomic mass is 10.2. The van der Waals surface area contributed by atoms with Crippen LogP contribution in [0.15, 0.2) is 11.8 Å². The van der Waals surface area contributed by atoms with E-state index in [9.17, 15) is 0 Å². The maximum absolute atomic E-state index is 6.39. The Bertz CT molecular complexity index is 248. The molecule has 0 unspecified atom stereocenters. The molecule has 0 aliphatic heterocycles. The third-order valence-corrected chi connectivity index (χ3v) is 11.1. The van der Waals surface area contributed by atoms with Crippen LogP contribution in [0.4, 0.5) is 0 Å². The number of rotatable bonds is 8. The molecule has 0 aliphatic rings. The van der Waals surface area contributed by atoms with Crippen LogP contribution in [0.1, 0.15) is 26.2 Å². The molecule has 0 atom stereocenters. The molecule has 0 saturated heterocycles. The van der Waals surface area contributed by atoms with E-state index in [4.69, 9.17) is 8.23 Å². The molecular formula is C13H32O2Si3. The Hall–Kier alpha value is 0.311. The minimum Gasteiger partial charge on any atom is -0.434 e. The Balaban J connectivity index is 4.75. The van der Waals surface area contributed by atoms with Gasteiger partial charge in [0.25, 0.3) is 0 Å². The van der Waals surface area contributed by atoms with Crippen molar-refractivity contribution in [1.29, 1.82) is 0 Å². The monoisotopic (exact) mass is 304 g/mol. The number of allylic oxidation sites excluding steroid dienone is 1. The zero-order chi connectivity index (χ0) is 14.4. The second-order valence-electron chi connectivity index (χ2n) is 6.99. The first-order valence-electron chi connectivity index (χ1n) is 7.05. The average Bonchev–Trinajstić information content (AvgIpc) is 2.05. The molecule has 0 bridgehead atoms. The Morgan fingerprint density at radius 1 is 0.833 bits per heavy atom. The fraction of sp³-hybridized carbons (Fsp3) is 0.846. The van der Waals surface area contributed by atoms with Crippen molar-refractivity contribution < 1.29 is 8.23 Å². The van der Waals surface area contributed by atoms with Crippen molar-refractivity contribution in [1.82, 2.24) is 0 Å². The molecule has 2 nitrogen and oxygen atoms in total. The first-order valence-corrected chi connectivity index (χ1v) is 16.3. The van der Waals surface area contributed by atoms with Crippen LogP contribution in [-0.4, -0.2) is 25.2 Å². The summed E-state index contributed by atoms with van der Waals surface area (Å²) in [4.78, 5) is 0. The highest BCUT2D eigenvalue weighted by molar-refractivity contribution is 6.89. The van der Waals surface area contributed by atoms with Crippen molar-refractivity contribution in [2.75, 3.05) is 0 Å². The summed E-state index contributed by atoms with van der Waals surface area (Å²) in [6, 6.07) is 0. The van der Waals surface area contributed by atoms with Gasteiger partial charge in [-0.15, -0.1) is 0 Å². The third-order valence-electron chi connectivity index (χ3n) is 2.16. The van der Waals surface area contributed by atoms with Crippen LogP contribution in [0.3, 0.4) is 0 Å². The van der Waals surface area contributed by atoms with Crippen LogP contribution in [0, 0.1) is 0 Å². The van der Waals surface area contributed by atoms with E-state index in [-0.39, 0.29) is 0 Å². The van der Waals surface area contributed by atoms with Gasteiger partial charge < -0.3 is 8.23 Å². The lowest BCUT2D eigenvalue weighted by Gasteiger charge is -2.36. The summed E-state index contributed by atoms with van der Waals surface area (Å²) in [6.45, 7) is 17.9. The van der Waals surface area contributed by atoms with Crippen molar-refractivity contribution in [3.05, 3.63) is 11.8 Å². The molecule has 0 heterocycles. The second-order valence-corrected chi connectivity index (χ2v) is 19.4. The summed E-state index contributed by atoms with van der Waals surface area (Å²) >= 11 is 0. The average molecular weight is 305 g/mol. The Kier molecular flexibility index (Phi) is 7.31. The van der Waals surface area contributed by atoms with Crippen molar-refractivity contribution in [2.24, 2.45) is 0 Å². The SMILES string of the molecule is CCCCC=C[Si](C)(O[Si](C)(C)C)O[Si](C)(C)C. The van der Waals surface area contributed by atoms with Crippen LogP contribution >= 0.6 is 0 Å². The lowest BCUT2D eigenvalue weighted by molar-refractivity contribution is 0.403. The normalized spacial score (nSPS) is 14.4. The summed E-state index contributed by atoms with van der Waals surface area (Å²) in [6.07, 6.45) is 5.91. The van der Waals surface area contributed by atoms with E-state index >= 15 is 0 Å². The van der Waals surface area contributed by atoms with Crippen LogP contribution < -0.4 is 0 Å². The van der Waals surface area contributed by atoms with Gasteiger partial charge in [0.15, 0.2) is 16.6 Å². The molecule has 0 amide bonds. The molecule has 0 aliphatic carbocycles. The lowest BCUT2D eigenvalue weighted by Crippen LogP contribution is -2.51. The molecular weight excluding hydrogens is 272 g/mol. The molecule has 0 spiro atoms. The number of hydrogen-bond acceptors (Lipinski definition) is 2. The minimum absolute atomic E-state index is 1.14. The van der Waals surface area contributed by atoms with Gasteiger partial charge in [-0.3, -0.25) is 0 Å². The maximum Gasteiger partial charge on any atom is 0.340 e. The van der Waals surface area contributed by atoms with Gasteiger partial charge in [-0.05, 0) is 57.9 Å². The van der Waals surface area contributed by atoms with E-state index < -0.39 is 25.2 Å². The zero-order valence-corrected chi connectivity index (χ0v) is 16.6. The van der Waals surface area contributed by atoms with Crippen LogP contribution in [0.5, 0.6) is 0 Å². The van der Waals surface area contributed by atoms with Crippen LogP contribution in [0.25, 0.3) is 0 Å². The predicted octanol–water partition coefficient (Wildman–Crippen LogP) is 5.05. The van der Waals surface area contributed by atoms with E-state index in [0.29, 0.717) is 0 Å². The van der Waals surface area contributed by atoms with E-state index in [1.54, 1.807) is 0 Å². The topological polar surface area (TPSA) is 18.5 Å². The molecule has 0 aromatic rings. The summed E-state index contributed by atoms with van der Waals surface area (Å²) in [5.74, 6) is 0. The number of unbranched alkanes of at least 4 members (excludes halogenated alkanes) is 2. The first kappa shape index (κ1) is 18.3. The zero-order valence-electron chi connectivity index (χ0n) is 13.6. The highest BCUT2D eigenvalue weighted by Gasteiger charge is 2.38. The highest BCUT2D eigenvalue weighted by Crippen LogP contribution is 2.22. The van der Waals surface area contributed by atoms with Gasteiger partial charge in [0.2, 0.25) is 0 Å². The summed E-state index contributed by atoms with van der Waals surface area (Å²) in [5.41, 5.74) is 2.26. The Labute approximate surface area is 117 Å². The van der Waals surface area contributed by atoms with Crippen molar-refractivity contribution in [3.8, 4) is 0 Å². The van der Waals surface area contributed by atoms with Gasteiger partial charge in [-0.25, -0.2) is 0 Å². The Morgan fingerprint density at radius 3 is 1.61 bits per heavy atom. The summed E-state index contributed by atoms with van der Waals surface area (Å²) < 4.78 is 12.8. The standard InChI is InChI=1S/C13H32O2Si3/c1-9-10-11-12-13-18(8,14-16(2,3)4)15-17(5,6)7/h12-13H,9-11H2,1-8H3. The van der Waals surface area contributed by atoms with E-state index in [1.165, 1.54) is 12.8 Å². The van der Waals surface area contributed by atoms with Crippen LogP contribution in [0.2, 0.25) is 45.8 Å². The van der Waals surface area contributed by atoms with Gasteiger partial charge in [0.05, 0.1) is 0 Å². The third kappa shape index (κ3) is 10.3. The molecule has 0 fully saturated rings. The van der Waals surface area contributed by atoms with Crippen molar-refractivity contribution in [3.63, 3.8) is 0 Å². The molecule has 0 aromatic heterocycles. The first-order chi connectivity index (χ1) is 7.97. The highest BCUT2D eigenvalue weighted by atomic mass is 28.5. The minimum atomic E-state index is -2.13. The van der Waals surface area contributed by atoms with Gasteiger partial charge in [0.1, 0.15) is 0 Å². The molecule has 0 N–H and O–H groups in total. The van der Waals surface area contributed by atoms with Crippen LogP contribution in [-0.2, 0) is 8.23 Å². The fourth-order valence-corrected chi connectivity index (χ4v) is 13.3. The van der Waals surface area contributed by atoms with Gasteiger partial charge in [0, 0.05) is 0 Å². The predicted molar refractivity (Wildman–Crippen MR) is 89.1 cm³/mol. The molecule has 108 valence electrons. The summed E-state index contributed by atoms with van der Waals surface area (Å²) in [7, 11) is -5.23. The molecule has 0 aromatic carbocycles. The van der Waals surface area contributed by atoms with Gasteiger partial charge >= 0.3 is 8.56 Å². The smallest absolute Gasteiger partial charge is 0.340 e. The molecule has 18 heavy (non-hydrogen) atoms. The number of hydrogen-bond donors (Lipinski definition) is 0.